The van der Waals surface area contributed by atoms with Crippen LogP contribution in [-0.2, 0) is 6.54 Å². The van der Waals surface area contributed by atoms with Crippen LogP contribution in [0.25, 0.3) is 0 Å². The molecular formula is C11H17N3S. The summed E-state index contributed by atoms with van der Waals surface area (Å²) in [7, 11) is 1.93. The van der Waals surface area contributed by atoms with Gasteiger partial charge in [-0.25, -0.2) is 4.98 Å². The molecule has 1 aromatic heterocycles. The van der Waals surface area contributed by atoms with Crippen molar-refractivity contribution in [1.82, 2.24) is 9.88 Å². The number of thioether (sulfide) groups is 1. The van der Waals surface area contributed by atoms with E-state index in [1.54, 1.807) is 0 Å². The number of hydrogen-bond donors (Lipinski definition) is 1. The maximum absolute atomic E-state index is 4.32. The quantitative estimate of drug-likeness (QED) is 0.844. The minimum Gasteiger partial charge on any atom is -0.373 e. The van der Waals surface area contributed by atoms with Crippen molar-refractivity contribution >= 4 is 17.6 Å². The largest absolute Gasteiger partial charge is 0.373 e. The number of aromatic nitrogens is 1. The molecule has 0 aromatic carbocycles. The van der Waals surface area contributed by atoms with Crippen LogP contribution in [0.15, 0.2) is 18.3 Å². The van der Waals surface area contributed by atoms with Gasteiger partial charge in [-0.1, -0.05) is 6.07 Å². The summed E-state index contributed by atoms with van der Waals surface area (Å²) in [5.74, 6) is 3.53. The number of nitrogens with zero attached hydrogens (tertiary/aromatic N) is 2. The van der Waals surface area contributed by atoms with E-state index < -0.39 is 0 Å². The molecule has 1 aromatic rings. The standard InChI is InChI=1S/C11H17N3S/c1-12-11-10(3-2-4-13-11)9-14-5-7-15-8-6-14/h2-4H,5-9H2,1H3,(H,12,13). The van der Waals surface area contributed by atoms with E-state index in [2.05, 4.69) is 21.3 Å². The van der Waals surface area contributed by atoms with Crippen molar-refractivity contribution in [3.8, 4) is 0 Å². The highest BCUT2D eigenvalue weighted by molar-refractivity contribution is 7.99. The molecule has 0 amide bonds. The minimum absolute atomic E-state index is 1.01. The lowest BCUT2D eigenvalue weighted by atomic mass is 10.2. The lowest BCUT2D eigenvalue weighted by Gasteiger charge is -2.26. The van der Waals surface area contributed by atoms with E-state index in [0.29, 0.717) is 0 Å². The van der Waals surface area contributed by atoms with Gasteiger partial charge in [0.1, 0.15) is 5.82 Å². The van der Waals surface area contributed by atoms with Crippen molar-refractivity contribution in [1.29, 1.82) is 0 Å². The second-order valence-corrected chi connectivity index (χ2v) is 4.87. The Kier molecular flexibility index (Phi) is 3.86. The fraction of sp³-hybridized carbons (Fsp3) is 0.545. The Bertz CT molecular complexity index is 310. The van der Waals surface area contributed by atoms with Crippen molar-refractivity contribution in [3.63, 3.8) is 0 Å². The summed E-state index contributed by atoms with van der Waals surface area (Å²) in [4.78, 5) is 6.81. The molecule has 2 heterocycles. The summed E-state index contributed by atoms with van der Waals surface area (Å²) in [5, 5.41) is 3.14. The van der Waals surface area contributed by atoms with Crippen LogP contribution in [0.3, 0.4) is 0 Å². The van der Waals surface area contributed by atoms with Gasteiger partial charge in [0.15, 0.2) is 0 Å². The van der Waals surface area contributed by atoms with Gasteiger partial charge in [0, 0.05) is 49.9 Å². The number of hydrogen-bond acceptors (Lipinski definition) is 4. The van der Waals surface area contributed by atoms with Crippen LogP contribution in [0.1, 0.15) is 5.56 Å². The summed E-state index contributed by atoms with van der Waals surface area (Å²) >= 11 is 2.05. The van der Waals surface area contributed by atoms with Gasteiger partial charge in [0.05, 0.1) is 0 Å². The molecule has 0 saturated carbocycles. The fourth-order valence-electron chi connectivity index (χ4n) is 1.79. The van der Waals surface area contributed by atoms with E-state index in [1.165, 1.54) is 30.2 Å². The third kappa shape index (κ3) is 2.86. The van der Waals surface area contributed by atoms with Crippen molar-refractivity contribution in [2.45, 2.75) is 6.54 Å². The Morgan fingerprint density at radius 1 is 1.47 bits per heavy atom. The third-order valence-corrected chi connectivity index (χ3v) is 3.57. The van der Waals surface area contributed by atoms with Crippen LogP contribution in [0, 0.1) is 0 Å². The van der Waals surface area contributed by atoms with Crippen LogP contribution < -0.4 is 5.32 Å². The number of pyridine rings is 1. The molecule has 0 spiro atoms. The van der Waals surface area contributed by atoms with Gasteiger partial charge in [0.2, 0.25) is 0 Å². The molecule has 1 fully saturated rings. The third-order valence-electron chi connectivity index (χ3n) is 2.63. The molecule has 82 valence electrons. The molecule has 0 radical (unpaired) electrons. The second-order valence-electron chi connectivity index (χ2n) is 3.65. The van der Waals surface area contributed by atoms with E-state index in [4.69, 9.17) is 0 Å². The normalized spacial score (nSPS) is 17.7. The Morgan fingerprint density at radius 3 is 3.00 bits per heavy atom. The maximum Gasteiger partial charge on any atom is 0.130 e. The first-order valence-corrected chi connectivity index (χ1v) is 6.47. The molecule has 0 aliphatic carbocycles. The smallest absolute Gasteiger partial charge is 0.130 e. The van der Waals surface area contributed by atoms with Crippen LogP contribution in [0.4, 0.5) is 5.82 Å². The topological polar surface area (TPSA) is 28.2 Å². The molecular weight excluding hydrogens is 206 g/mol. The zero-order valence-electron chi connectivity index (χ0n) is 9.07. The van der Waals surface area contributed by atoms with Gasteiger partial charge in [-0.3, -0.25) is 4.90 Å². The number of anilines is 1. The van der Waals surface area contributed by atoms with E-state index in [9.17, 15) is 0 Å². The van der Waals surface area contributed by atoms with Gasteiger partial charge < -0.3 is 5.32 Å². The monoisotopic (exact) mass is 223 g/mol. The van der Waals surface area contributed by atoms with E-state index in [-0.39, 0.29) is 0 Å². The van der Waals surface area contributed by atoms with Crippen LogP contribution in [0.2, 0.25) is 0 Å². The van der Waals surface area contributed by atoms with Gasteiger partial charge in [0.25, 0.3) is 0 Å². The second kappa shape index (κ2) is 5.37. The molecule has 0 unspecified atom stereocenters. The first-order chi connectivity index (χ1) is 7.40. The molecule has 1 saturated heterocycles. The highest BCUT2D eigenvalue weighted by Gasteiger charge is 2.12. The van der Waals surface area contributed by atoms with Crippen LogP contribution >= 0.6 is 11.8 Å². The number of rotatable bonds is 3. The Labute approximate surface area is 95.3 Å². The van der Waals surface area contributed by atoms with Crippen molar-refractivity contribution in [2.24, 2.45) is 0 Å². The molecule has 0 atom stereocenters. The molecule has 3 nitrogen and oxygen atoms in total. The summed E-state index contributed by atoms with van der Waals surface area (Å²) in [6, 6.07) is 4.16. The number of nitrogens with one attached hydrogen (secondary N) is 1. The average Bonchev–Trinajstić information content (AvgIpc) is 2.31. The van der Waals surface area contributed by atoms with Gasteiger partial charge in [-0.05, 0) is 6.07 Å². The zero-order valence-corrected chi connectivity index (χ0v) is 9.89. The lowest BCUT2D eigenvalue weighted by molar-refractivity contribution is 0.295. The Balaban J connectivity index is 2.02. The molecule has 4 heteroatoms. The summed E-state index contributed by atoms with van der Waals surface area (Å²) < 4.78 is 0. The minimum atomic E-state index is 1.01. The SMILES string of the molecule is CNc1ncccc1CN1CCSCC1. The van der Waals surface area contributed by atoms with E-state index >= 15 is 0 Å². The first kappa shape index (κ1) is 10.8. The molecule has 1 aliphatic heterocycles. The summed E-state index contributed by atoms with van der Waals surface area (Å²) in [6.45, 7) is 3.41. The van der Waals surface area contributed by atoms with Crippen LogP contribution in [0.5, 0.6) is 0 Å². The Hall–Kier alpha value is -0.740. The maximum atomic E-state index is 4.32. The first-order valence-electron chi connectivity index (χ1n) is 5.32. The van der Waals surface area contributed by atoms with Crippen molar-refractivity contribution in [2.75, 3.05) is 37.0 Å². The highest BCUT2D eigenvalue weighted by atomic mass is 32.2. The molecule has 1 N–H and O–H groups in total. The van der Waals surface area contributed by atoms with E-state index in [1.807, 2.05) is 31.1 Å². The molecule has 15 heavy (non-hydrogen) atoms. The predicted molar refractivity (Wildman–Crippen MR) is 66.4 cm³/mol. The fourth-order valence-corrected chi connectivity index (χ4v) is 2.77. The highest BCUT2D eigenvalue weighted by Crippen LogP contribution is 2.16. The summed E-state index contributed by atoms with van der Waals surface area (Å²) in [5.41, 5.74) is 1.30. The van der Waals surface area contributed by atoms with Gasteiger partial charge in [-0.2, -0.15) is 11.8 Å². The molecule has 2 rings (SSSR count). The lowest BCUT2D eigenvalue weighted by Crippen LogP contribution is -2.32. The average molecular weight is 223 g/mol. The van der Waals surface area contributed by atoms with Crippen molar-refractivity contribution in [3.05, 3.63) is 23.9 Å². The predicted octanol–water partition coefficient (Wildman–Crippen LogP) is 1.67. The summed E-state index contributed by atoms with van der Waals surface area (Å²) in [6.07, 6.45) is 1.83. The zero-order chi connectivity index (χ0) is 10.5. The van der Waals surface area contributed by atoms with E-state index in [0.717, 1.165) is 12.4 Å². The Morgan fingerprint density at radius 2 is 2.27 bits per heavy atom. The molecule has 0 bridgehead atoms. The van der Waals surface area contributed by atoms with Gasteiger partial charge >= 0.3 is 0 Å². The van der Waals surface area contributed by atoms with Crippen molar-refractivity contribution < 1.29 is 0 Å². The van der Waals surface area contributed by atoms with Crippen LogP contribution in [-0.4, -0.2) is 41.5 Å². The molecule has 1 aliphatic rings. The van der Waals surface area contributed by atoms with Gasteiger partial charge in [-0.15, -0.1) is 0 Å².